The summed E-state index contributed by atoms with van der Waals surface area (Å²) in [5.41, 5.74) is 0.970. The zero-order chi connectivity index (χ0) is 24.1. The van der Waals surface area contributed by atoms with Crippen LogP contribution in [0.5, 0.6) is 0 Å². The van der Waals surface area contributed by atoms with Gasteiger partial charge in [0.05, 0.1) is 11.3 Å². The number of hydrogen-bond acceptors (Lipinski definition) is 6. The third-order valence-electron chi connectivity index (χ3n) is 5.38. The summed E-state index contributed by atoms with van der Waals surface area (Å²) in [6, 6.07) is 8.73. The Morgan fingerprint density at radius 2 is 2.00 bits per heavy atom. The smallest absolute Gasteiger partial charge is 0.274 e. The van der Waals surface area contributed by atoms with Gasteiger partial charge in [0.15, 0.2) is 9.84 Å². The van der Waals surface area contributed by atoms with E-state index in [4.69, 9.17) is 10.7 Å². The summed E-state index contributed by atoms with van der Waals surface area (Å²) in [5.74, 6) is -2.15. The number of hydrogen-bond donors (Lipinski definition) is 2. The topological polar surface area (TPSA) is 124 Å². The van der Waals surface area contributed by atoms with E-state index in [-0.39, 0.29) is 22.7 Å². The maximum Gasteiger partial charge on any atom is 0.274 e. The highest BCUT2D eigenvalue weighted by molar-refractivity contribution is 7.93. The standard InChI is InChI=1S/C23H27FN4O3S/c1-5-6-21(26)23(3,4)32(30,31)14-15(2)18-11-17(8-9-19(18)24)28-22(29)20-10-7-16(12-25)13-27-20/h7-11,13,15,26H,5-6,14H2,1-4H3,(H,28,29). The van der Waals surface area contributed by atoms with E-state index in [1.54, 1.807) is 6.92 Å². The molecule has 1 unspecified atom stereocenters. The third-order valence-corrected chi connectivity index (χ3v) is 8.12. The minimum absolute atomic E-state index is 0.0849. The SMILES string of the molecule is CCCC(=N)C(C)(C)S(=O)(=O)CC(C)c1cc(NC(=O)c2ccc(C#N)cn2)ccc1F. The molecule has 2 N–H and O–H groups in total. The van der Waals surface area contributed by atoms with Crippen LogP contribution in [-0.2, 0) is 9.84 Å². The molecule has 0 radical (unpaired) electrons. The average Bonchev–Trinajstić information content (AvgIpc) is 2.74. The van der Waals surface area contributed by atoms with Crippen LogP contribution in [0, 0.1) is 22.6 Å². The van der Waals surface area contributed by atoms with Crippen molar-refractivity contribution in [2.24, 2.45) is 0 Å². The molecule has 0 aliphatic rings. The molecule has 1 aromatic heterocycles. The fourth-order valence-electron chi connectivity index (χ4n) is 3.15. The van der Waals surface area contributed by atoms with E-state index in [0.717, 1.165) is 0 Å². The lowest BCUT2D eigenvalue weighted by Gasteiger charge is -2.27. The number of nitriles is 1. The highest BCUT2D eigenvalue weighted by Crippen LogP contribution is 2.29. The number of sulfone groups is 1. The summed E-state index contributed by atoms with van der Waals surface area (Å²) in [6.45, 7) is 6.49. The summed E-state index contributed by atoms with van der Waals surface area (Å²) in [4.78, 5) is 16.3. The first-order chi connectivity index (χ1) is 14.9. The van der Waals surface area contributed by atoms with Crippen LogP contribution in [0.4, 0.5) is 10.1 Å². The Kier molecular flexibility index (Phi) is 7.86. The summed E-state index contributed by atoms with van der Waals surface area (Å²) >= 11 is 0. The molecule has 0 aliphatic carbocycles. The minimum Gasteiger partial charge on any atom is -0.321 e. The van der Waals surface area contributed by atoms with Crippen molar-refractivity contribution >= 4 is 27.1 Å². The second-order valence-corrected chi connectivity index (χ2v) is 10.7. The second-order valence-electron chi connectivity index (χ2n) is 8.16. The Labute approximate surface area is 188 Å². The average molecular weight is 459 g/mol. The van der Waals surface area contributed by atoms with Crippen LogP contribution in [-0.4, -0.2) is 35.5 Å². The van der Waals surface area contributed by atoms with Gasteiger partial charge in [-0.25, -0.2) is 17.8 Å². The molecule has 9 heteroatoms. The van der Waals surface area contributed by atoms with Crippen molar-refractivity contribution in [3.8, 4) is 6.07 Å². The summed E-state index contributed by atoms with van der Waals surface area (Å²) in [6.07, 6.45) is 2.31. The molecule has 1 aromatic carbocycles. The van der Waals surface area contributed by atoms with Crippen molar-refractivity contribution in [1.29, 1.82) is 10.7 Å². The first kappa shape index (κ1) is 25.1. The van der Waals surface area contributed by atoms with Crippen LogP contribution in [0.15, 0.2) is 36.5 Å². The molecule has 0 aliphatic heterocycles. The Hall–Kier alpha value is -3.12. The predicted molar refractivity (Wildman–Crippen MR) is 122 cm³/mol. The molecule has 0 fully saturated rings. The number of nitrogens with zero attached hydrogens (tertiary/aromatic N) is 2. The van der Waals surface area contributed by atoms with Crippen LogP contribution >= 0.6 is 0 Å². The Morgan fingerprint density at radius 1 is 1.31 bits per heavy atom. The molecule has 170 valence electrons. The number of halogens is 1. The van der Waals surface area contributed by atoms with E-state index in [0.29, 0.717) is 24.1 Å². The second kappa shape index (κ2) is 10.0. The molecule has 0 bridgehead atoms. The number of amides is 1. The normalized spacial score (nSPS) is 12.6. The van der Waals surface area contributed by atoms with E-state index in [1.165, 1.54) is 50.4 Å². The molecule has 2 rings (SSSR count). The van der Waals surface area contributed by atoms with E-state index in [2.05, 4.69) is 10.3 Å². The van der Waals surface area contributed by atoms with Gasteiger partial charge in [-0.2, -0.15) is 5.26 Å². The van der Waals surface area contributed by atoms with E-state index < -0.39 is 32.2 Å². The number of benzene rings is 1. The van der Waals surface area contributed by atoms with Crippen molar-refractivity contribution in [1.82, 2.24) is 4.98 Å². The van der Waals surface area contributed by atoms with Gasteiger partial charge in [-0.3, -0.25) is 4.79 Å². The van der Waals surface area contributed by atoms with Crippen molar-refractivity contribution in [3.05, 3.63) is 59.2 Å². The van der Waals surface area contributed by atoms with Crippen molar-refractivity contribution in [2.75, 3.05) is 11.1 Å². The van der Waals surface area contributed by atoms with Gasteiger partial charge >= 0.3 is 0 Å². The molecule has 0 saturated carbocycles. The highest BCUT2D eigenvalue weighted by Gasteiger charge is 2.39. The number of carbonyl (C=O) groups excluding carboxylic acids is 1. The Bertz CT molecular complexity index is 1150. The number of carbonyl (C=O) groups is 1. The minimum atomic E-state index is -3.75. The molecule has 7 nitrogen and oxygen atoms in total. The first-order valence-corrected chi connectivity index (χ1v) is 11.8. The van der Waals surface area contributed by atoms with E-state index in [1.807, 2.05) is 13.0 Å². The third kappa shape index (κ3) is 5.56. The number of aromatic nitrogens is 1. The van der Waals surface area contributed by atoms with Gasteiger partial charge in [-0.15, -0.1) is 0 Å². The van der Waals surface area contributed by atoms with Crippen molar-refractivity contribution in [3.63, 3.8) is 0 Å². The van der Waals surface area contributed by atoms with Crippen molar-refractivity contribution in [2.45, 2.75) is 51.2 Å². The Balaban J connectivity index is 2.23. The molecule has 1 amide bonds. The lowest BCUT2D eigenvalue weighted by atomic mass is 10.0. The highest BCUT2D eigenvalue weighted by atomic mass is 32.2. The fraction of sp³-hybridized carbons (Fsp3) is 0.391. The van der Waals surface area contributed by atoms with Crippen LogP contribution in [0.1, 0.15) is 68.1 Å². The van der Waals surface area contributed by atoms with Crippen LogP contribution in [0.3, 0.4) is 0 Å². The van der Waals surface area contributed by atoms with Crippen LogP contribution < -0.4 is 5.32 Å². The lowest BCUT2D eigenvalue weighted by Crippen LogP contribution is -2.42. The Morgan fingerprint density at radius 3 is 2.56 bits per heavy atom. The maximum atomic E-state index is 14.5. The molecular weight excluding hydrogens is 431 g/mol. The van der Waals surface area contributed by atoms with Crippen molar-refractivity contribution < 1.29 is 17.6 Å². The lowest BCUT2D eigenvalue weighted by molar-refractivity contribution is 0.102. The zero-order valence-corrected chi connectivity index (χ0v) is 19.4. The largest absolute Gasteiger partial charge is 0.321 e. The van der Waals surface area contributed by atoms with E-state index in [9.17, 15) is 17.6 Å². The first-order valence-electron chi connectivity index (χ1n) is 10.2. The monoisotopic (exact) mass is 458 g/mol. The molecule has 1 heterocycles. The van der Waals surface area contributed by atoms with E-state index >= 15 is 0 Å². The van der Waals surface area contributed by atoms with Crippen LogP contribution in [0.25, 0.3) is 0 Å². The molecule has 32 heavy (non-hydrogen) atoms. The number of rotatable bonds is 9. The zero-order valence-electron chi connectivity index (χ0n) is 18.6. The fourth-order valence-corrected chi connectivity index (χ4v) is 4.89. The number of anilines is 1. The molecule has 0 saturated heterocycles. The number of pyridine rings is 1. The summed E-state index contributed by atoms with van der Waals surface area (Å²) in [7, 11) is -3.75. The van der Waals surface area contributed by atoms with Gasteiger partial charge < -0.3 is 10.7 Å². The number of nitrogens with one attached hydrogen (secondary N) is 2. The predicted octanol–water partition coefficient (Wildman–Crippen LogP) is 4.46. The van der Waals surface area contributed by atoms with Gasteiger partial charge in [-0.1, -0.05) is 20.3 Å². The summed E-state index contributed by atoms with van der Waals surface area (Å²) in [5, 5.41) is 19.6. The van der Waals surface area contributed by atoms with Gasteiger partial charge in [-0.05, 0) is 62.1 Å². The molecule has 2 aromatic rings. The maximum absolute atomic E-state index is 14.5. The summed E-state index contributed by atoms with van der Waals surface area (Å²) < 4.78 is 39.2. The van der Waals surface area contributed by atoms with Crippen LogP contribution in [0.2, 0.25) is 0 Å². The molecule has 0 spiro atoms. The van der Waals surface area contributed by atoms with Gasteiger partial charge in [0.2, 0.25) is 0 Å². The quantitative estimate of drug-likeness (QED) is 0.537. The molecular formula is C23H27FN4O3S. The van der Waals surface area contributed by atoms with Gasteiger partial charge in [0, 0.05) is 17.6 Å². The van der Waals surface area contributed by atoms with Gasteiger partial charge in [0.1, 0.15) is 22.3 Å². The van der Waals surface area contributed by atoms with Gasteiger partial charge in [0.25, 0.3) is 5.91 Å². The molecule has 1 atom stereocenters.